The van der Waals surface area contributed by atoms with Gasteiger partial charge in [0.25, 0.3) is 10.0 Å². The number of benzene rings is 1. The van der Waals surface area contributed by atoms with Gasteiger partial charge in [0.1, 0.15) is 6.04 Å². The highest BCUT2D eigenvalue weighted by Crippen LogP contribution is 2.19. The number of azo groups is 1. The maximum Gasteiger partial charge on any atom is 0.264 e. The molecule has 27 heavy (non-hydrogen) atoms. The maximum atomic E-state index is 12.4. The number of aromatic nitrogens is 2. The summed E-state index contributed by atoms with van der Waals surface area (Å²) in [6.07, 6.45) is 2.91. The molecular weight excluding hydrogens is 366 g/mol. The molecule has 0 saturated heterocycles. The molecule has 0 fully saturated rings. The van der Waals surface area contributed by atoms with Crippen molar-refractivity contribution >= 4 is 33.1 Å². The molecule has 2 aromatic rings. The van der Waals surface area contributed by atoms with Gasteiger partial charge in [0.05, 0.1) is 23.7 Å². The van der Waals surface area contributed by atoms with Gasteiger partial charge in [-0.2, -0.15) is 10.2 Å². The van der Waals surface area contributed by atoms with Crippen molar-refractivity contribution < 1.29 is 8.42 Å². The van der Waals surface area contributed by atoms with E-state index in [0.717, 1.165) is 11.4 Å². The zero-order valence-corrected chi connectivity index (χ0v) is 15.8. The van der Waals surface area contributed by atoms with Gasteiger partial charge < -0.3 is 0 Å². The van der Waals surface area contributed by atoms with Gasteiger partial charge in [-0.25, -0.2) is 23.1 Å². The van der Waals surface area contributed by atoms with Gasteiger partial charge in [0.15, 0.2) is 0 Å². The van der Waals surface area contributed by atoms with Crippen LogP contribution in [-0.4, -0.2) is 48.9 Å². The zero-order valence-electron chi connectivity index (χ0n) is 14.9. The second-order valence-electron chi connectivity index (χ2n) is 5.84. The molecule has 1 aliphatic heterocycles. The molecule has 0 bridgehead atoms. The van der Waals surface area contributed by atoms with Crippen LogP contribution in [0.25, 0.3) is 0 Å². The fraction of sp³-hybridized carbons (Fsp3) is 0.294. The molecule has 1 aliphatic rings. The van der Waals surface area contributed by atoms with Crippen molar-refractivity contribution in [3.63, 3.8) is 0 Å². The minimum absolute atomic E-state index is 0.0131. The quantitative estimate of drug-likeness (QED) is 0.795. The standard InChI is InChI=1S/C17H19N7O2S/c1-12-16(13(2)19-11-10-18-12)23-22-14-4-6-15(7-5-14)27(25,26)24-17-20-8-3-9-21-17/h3-9,16H,10-11H2,1-2H3,(H,20,21,24). The molecule has 1 N–H and O–H groups in total. The fourth-order valence-electron chi connectivity index (χ4n) is 2.44. The van der Waals surface area contributed by atoms with E-state index in [9.17, 15) is 8.42 Å². The molecule has 0 radical (unpaired) electrons. The Morgan fingerprint density at radius 3 is 2.19 bits per heavy atom. The number of anilines is 1. The molecule has 2 heterocycles. The summed E-state index contributed by atoms with van der Waals surface area (Å²) < 4.78 is 27.1. The Kier molecular flexibility index (Phi) is 5.65. The van der Waals surface area contributed by atoms with Gasteiger partial charge in [-0.1, -0.05) is 0 Å². The lowest BCUT2D eigenvalue weighted by atomic mass is 10.1. The van der Waals surface area contributed by atoms with Crippen LogP contribution in [0.2, 0.25) is 0 Å². The van der Waals surface area contributed by atoms with Crippen molar-refractivity contribution in [2.45, 2.75) is 24.8 Å². The van der Waals surface area contributed by atoms with E-state index in [4.69, 9.17) is 0 Å². The SMILES string of the molecule is CC1=NCCN=C(C)C1N=Nc1ccc(S(=O)(=O)Nc2ncccn2)cc1. The summed E-state index contributed by atoms with van der Waals surface area (Å²) in [4.78, 5) is 16.6. The summed E-state index contributed by atoms with van der Waals surface area (Å²) in [7, 11) is -3.77. The third-order valence-electron chi connectivity index (χ3n) is 3.84. The predicted octanol–water partition coefficient (Wildman–Crippen LogP) is 2.67. The zero-order chi connectivity index (χ0) is 19.3. The third kappa shape index (κ3) is 4.79. The van der Waals surface area contributed by atoms with Gasteiger partial charge in [0.2, 0.25) is 5.95 Å². The van der Waals surface area contributed by atoms with Gasteiger partial charge >= 0.3 is 0 Å². The first-order chi connectivity index (χ1) is 13.0. The Bertz CT molecular complexity index is 964. The number of nitrogens with zero attached hydrogens (tertiary/aromatic N) is 6. The Balaban J connectivity index is 1.75. The number of hydrogen-bond donors (Lipinski definition) is 1. The molecule has 140 valence electrons. The number of rotatable bonds is 5. The summed E-state index contributed by atoms with van der Waals surface area (Å²) in [6.45, 7) is 5.11. The Morgan fingerprint density at radius 1 is 1.00 bits per heavy atom. The molecule has 9 nitrogen and oxygen atoms in total. The average molecular weight is 385 g/mol. The fourth-order valence-corrected chi connectivity index (χ4v) is 3.40. The molecule has 10 heteroatoms. The molecule has 3 rings (SSSR count). The van der Waals surface area contributed by atoms with E-state index in [1.807, 2.05) is 13.8 Å². The van der Waals surface area contributed by atoms with Crippen molar-refractivity contribution in [3.8, 4) is 0 Å². The first-order valence-corrected chi connectivity index (χ1v) is 9.77. The third-order valence-corrected chi connectivity index (χ3v) is 5.19. The minimum Gasteiger partial charge on any atom is -0.290 e. The highest BCUT2D eigenvalue weighted by Gasteiger charge is 2.17. The van der Waals surface area contributed by atoms with Gasteiger partial charge in [-0.05, 0) is 44.2 Å². The molecule has 0 aliphatic carbocycles. The lowest BCUT2D eigenvalue weighted by Gasteiger charge is -2.09. The summed E-state index contributed by atoms with van der Waals surface area (Å²) in [5.74, 6) is 0.0131. The average Bonchev–Trinajstić information content (AvgIpc) is 2.81. The van der Waals surface area contributed by atoms with Crippen molar-refractivity contribution in [2.75, 3.05) is 17.8 Å². The first kappa shape index (κ1) is 18.8. The Labute approximate surface area is 157 Å². The van der Waals surface area contributed by atoms with Crippen molar-refractivity contribution in [3.05, 3.63) is 42.7 Å². The predicted molar refractivity (Wildman–Crippen MR) is 104 cm³/mol. The molecule has 0 amide bonds. The van der Waals surface area contributed by atoms with E-state index in [0.29, 0.717) is 18.8 Å². The highest BCUT2D eigenvalue weighted by molar-refractivity contribution is 7.92. The molecule has 0 spiro atoms. The van der Waals surface area contributed by atoms with Crippen LogP contribution in [0.4, 0.5) is 11.6 Å². The first-order valence-electron chi connectivity index (χ1n) is 8.28. The minimum atomic E-state index is -3.77. The van der Waals surface area contributed by atoms with E-state index in [2.05, 4.69) is 34.9 Å². The monoisotopic (exact) mass is 385 g/mol. The molecule has 0 saturated carbocycles. The van der Waals surface area contributed by atoms with E-state index in [1.165, 1.54) is 24.5 Å². The lowest BCUT2D eigenvalue weighted by molar-refractivity contribution is 0.601. The molecular formula is C17H19N7O2S. The van der Waals surface area contributed by atoms with Gasteiger partial charge in [-0.3, -0.25) is 9.98 Å². The summed E-state index contributed by atoms with van der Waals surface area (Å²) >= 11 is 0. The number of hydrogen-bond acceptors (Lipinski definition) is 8. The topological polar surface area (TPSA) is 121 Å². The largest absolute Gasteiger partial charge is 0.290 e. The highest BCUT2D eigenvalue weighted by atomic mass is 32.2. The molecule has 1 aromatic carbocycles. The van der Waals surface area contributed by atoms with Gasteiger partial charge in [0, 0.05) is 23.8 Å². The summed E-state index contributed by atoms with van der Waals surface area (Å²) in [6, 6.07) is 7.39. The van der Waals surface area contributed by atoms with Gasteiger partial charge in [-0.15, -0.1) is 0 Å². The van der Waals surface area contributed by atoms with Crippen molar-refractivity contribution in [2.24, 2.45) is 20.2 Å². The Hall–Kier alpha value is -3.01. The van der Waals surface area contributed by atoms with Crippen LogP contribution in [0, 0.1) is 0 Å². The molecule has 0 unspecified atom stereocenters. The van der Waals surface area contributed by atoms with Crippen LogP contribution in [0.15, 0.2) is 67.8 Å². The number of aliphatic imine (C=N–C) groups is 2. The lowest BCUT2D eigenvalue weighted by Crippen LogP contribution is -2.23. The van der Waals surface area contributed by atoms with Crippen LogP contribution >= 0.6 is 0 Å². The van der Waals surface area contributed by atoms with E-state index >= 15 is 0 Å². The summed E-state index contributed by atoms with van der Waals surface area (Å²) in [5, 5.41) is 8.52. The maximum absolute atomic E-state index is 12.4. The second-order valence-corrected chi connectivity index (χ2v) is 7.52. The Morgan fingerprint density at radius 2 is 1.59 bits per heavy atom. The van der Waals surface area contributed by atoms with Crippen LogP contribution in [0.1, 0.15) is 13.8 Å². The van der Waals surface area contributed by atoms with Crippen LogP contribution < -0.4 is 4.72 Å². The van der Waals surface area contributed by atoms with Crippen LogP contribution in [0.5, 0.6) is 0 Å². The van der Waals surface area contributed by atoms with Crippen molar-refractivity contribution in [1.29, 1.82) is 0 Å². The number of sulfonamides is 1. The summed E-state index contributed by atoms with van der Waals surface area (Å²) in [5.41, 5.74) is 2.27. The normalized spacial score (nSPS) is 15.9. The van der Waals surface area contributed by atoms with E-state index in [1.54, 1.807) is 18.2 Å². The van der Waals surface area contributed by atoms with E-state index < -0.39 is 10.0 Å². The molecule has 0 atom stereocenters. The molecule has 1 aromatic heterocycles. The van der Waals surface area contributed by atoms with Crippen LogP contribution in [0.3, 0.4) is 0 Å². The smallest absolute Gasteiger partial charge is 0.264 e. The van der Waals surface area contributed by atoms with Crippen LogP contribution in [-0.2, 0) is 10.0 Å². The number of nitrogens with one attached hydrogen (secondary N) is 1. The van der Waals surface area contributed by atoms with Crippen molar-refractivity contribution in [1.82, 2.24) is 9.97 Å². The second kappa shape index (κ2) is 8.12. The van der Waals surface area contributed by atoms with E-state index in [-0.39, 0.29) is 16.9 Å².